The summed E-state index contributed by atoms with van der Waals surface area (Å²) in [5.74, 6) is -1.32. The third-order valence-corrected chi connectivity index (χ3v) is 9.89. The number of Topliss-reactive ketones (excluding diaryl/α,β-unsaturated/α-hetero) is 1. The lowest BCUT2D eigenvalue weighted by molar-refractivity contribution is -0.138. The van der Waals surface area contributed by atoms with Gasteiger partial charge in [-0.3, -0.25) is 9.59 Å². The first-order valence-electron chi connectivity index (χ1n) is 7.16. The molecule has 0 N–H and O–H groups in total. The highest BCUT2D eigenvalue weighted by atomic mass is 35.5. The quantitative estimate of drug-likeness (QED) is 0.531. The molecule has 136 valence electrons. The Bertz CT molecular complexity index is 806. The molecular formula is C14H8Cl7NO3. The third-order valence-electron chi connectivity index (χ3n) is 5.39. The highest BCUT2D eigenvalue weighted by Gasteiger charge is 3.05. The van der Waals surface area contributed by atoms with Gasteiger partial charge in [-0.2, -0.15) is 0 Å². The first kappa shape index (κ1) is 18.9. The second-order valence-corrected chi connectivity index (χ2v) is 9.43. The molecule has 2 fully saturated rings. The van der Waals surface area contributed by atoms with Crippen LogP contribution in [-0.4, -0.2) is 57.5 Å². The molecule has 4 aliphatic rings. The van der Waals surface area contributed by atoms with E-state index in [1.54, 1.807) is 0 Å². The van der Waals surface area contributed by atoms with E-state index in [1.807, 2.05) is 0 Å². The maximum absolute atomic E-state index is 13.2. The number of hydrogen-bond acceptors (Lipinski definition) is 3. The van der Waals surface area contributed by atoms with E-state index in [0.29, 0.717) is 26.3 Å². The molecule has 4 rings (SSSR count). The van der Waals surface area contributed by atoms with Crippen molar-refractivity contribution in [3.63, 3.8) is 0 Å². The van der Waals surface area contributed by atoms with Crippen molar-refractivity contribution in [3.05, 3.63) is 20.1 Å². The molecule has 1 spiro atoms. The van der Waals surface area contributed by atoms with Gasteiger partial charge in [-0.15, -0.1) is 34.8 Å². The minimum absolute atomic E-state index is 0.147. The zero-order valence-electron chi connectivity index (χ0n) is 12.1. The molecule has 1 aliphatic heterocycles. The fourth-order valence-corrected chi connectivity index (χ4v) is 7.85. The topological polar surface area (TPSA) is 46.6 Å². The number of carbonyl (C=O) groups is 2. The van der Waals surface area contributed by atoms with Gasteiger partial charge in [0.25, 0.3) is 0 Å². The Morgan fingerprint density at radius 2 is 1.52 bits per heavy atom. The molecule has 1 heterocycles. The minimum atomic E-state index is -1.95. The summed E-state index contributed by atoms with van der Waals surface area (Å²) < 4.78 is 5.23. The van der Waals surface area contributed by atoms with E-state index >= 15 is 0 Å². The fraction of sp³-hybridized carbons (Fsp3) is 0.571. The van der Waals surface area contributed by atoms with Gasteiger partial charge in [0.1, 0.15) is 20.2 Å². The van der Waals surface area contributed by atoms with E-state index < -0.39 is 31.7 Å². The Hall–Kier alpha value is 0.610. The maximum Gasteiger partial charge on any atom is 0.247 e. The zero-order valence-corrected chi connectivity index (χ0v) is 17.4. The van der Waals surface area contributed by atoms with Crippen LogP contribution in [-0.2, 0) is 14.3 Å². The largest absolute Gasteiger partial charge is 0.378 e. The van der Waals surface area contributed by atoms with Crippen molar-refractivity contribution in [2.45, 2.75) is 14.6 Å². The highest BCUT2D eigenvalue weighted by Crippen LogP contribution is 2.91. The summed E-state index contributed by atoms with van der Waals surface area (Å²) in [5.41, 5.74) is -1.88. The van der Waals surface area contributed by atoms with Crippen LogP contribution in [0.2, 0.25) is 0 Å². The number of ether oxygens (including phenoxy) is 1. The average molecular weight is 486 g/mol. The van der Waals surface area contributed by atoms with E-state index in [2.05, 4.69) is 0 Å². The number of morpholine rings is 1. The van der Waals surface area contributed by atoms with Crippen molar-refractivity contribution < 1.29 is 14.3 Å². The summed E-state index contributed by atoms with van der Waals surface area (Å²) in [5, 5.41) is -0.894. The van der Waals surface area contributed by atoms with E-state index in [4.69, 9.17) is 85.9 Å². The van der Waals surface area contributed by atoms with Crippen LogP contribution in [0.5, 0.6) is 0 Å². The van der Waals surface area contributed by atoms with Gasteiger partial charge in [0.05, 0.1) is 28.3 Å². The summed E-state index contributed by atoms with van der Waals surface area (Å²) in [6, 6.07) is 0. The van der Waals surface area contributed by atoms with E-state index in [9.17, 15) is 9.59 Å². The van der Waals surface area contributed by atoms with Gasteiger partial charge in [-0.05, 0) is 0 Å². The van der Waals surface area contributed by atoms with Gasteiger partial charge in [0.2, 0.25) is 5.91 Å². The van der Waals surface area contributed by atoms with Crippen molar-refractivity contribution in [3.8, 4) is 0 Å². The fourth-order valence-electron chi connectivity index (χ4n) is 4.18. The number of rotatable bonds is 1. The maximum atomic E-state index is 13.2. The average Bonchev–Trinajstić information content (AvgIpc) is 2.98. The van der Waals surface area contributed by atoms with Crippen molar-refractivity contribution in [2.75, 3.05) is 26.3 Å². The van der Waals surface area contributed by atoms with Crippen LogP contribution in [0, 0.1) is 5.41 Å². The Morgan fingerprint density at radius 3 is 2.08 bits per heavy atom. The standard InChI is InChI=1S/C14H8Cl7NO3/c15-5-6(16)11(19)7(17)8(18)13(20)12(11,9(5)23)14(13,21)10(24)22-1-3-25-4-2-22/h1-4H2. The van der Waals surface area contributed by atoms with Crippen molar-refractivity contribution in [1.82, 2.24) is 4.90 Å². The SMILES string of the molecule is O=C(N1CCOCC1)C1(Cl)C2(Cl)C(Cl)=C(Cl)C3(Cl)C(Cl)=C(Cl)C(=O)C312. The molecule has 4 nitrogen and oxygen atoms in total. The van der Waals surface area contributed by atoms with Gasteiger partial charge in [0.15, 0.2) is 10.7 Å². The van der Waals surface area contributed by atoms with Gasteiger partial charge in [-0.1, -0.05) is 46.4 Å². The van der Waals surface area contributed by atoms with Crippen molar-refractivity contribution in [1.29, 1.82) is 0 Å². The number of carbonyl (C=O) groups excluding carboxylic acids is 2. The number of alkyl halides is 3. The second kappa shape index (κ2) is 5.36. The van der Waals surface area contributed by atoms with Crippen LogP contribution in [0.3, 0.4) is 0 Å². The van der Waals surface area contributed by atoms with Gasteiger partial charge >= 0.3 is 0 Å². The highest BCUT2D eigenvalue weighted by molar-refractivity contribution is 6.69. The first-order valence-corrected chi connectivity index (χ1v) is 9.81. The molecular weight excluding hydrogens is 478 g/mol. The lowest BCUT2D eigenvalue weighted by atomic mass is 9.88. The first-order chi connectivity index (χ1) is 11.6. The number of amides is 1. The normalized spacial score (nSPS) is 45.9. The predicted molar refractivity (Wildman–Crippen MR) is 98.1 cm³/mol. The van der Waals surface area contributed by atoms with E-state index in [0.717, 1.165) is 0 Å². The smallest absolute Gasteiger partial charge is 0.247 e. The zero-order chi connectivity index (χ0) is 18.6. The van der Waals surface area contributed by atoms with Crippen LogP contribution in [0.4, 0.5) is 0 Å². The Balaban J connectivity index is 1.92. The number of nitrogens with zero attached hydrogens (tertiary/aromatic N) is 1. The summed E-state index contributed by atoms with van der Waals surface area (Å²) in [6.07, 6.45) is 0. The van der Waals surface area contributed by atoms with Crippen molar-refractivity contribution in [2.24, 2.45) is 5.41 Å². The number of allylic oxidation sites excluding steroid dienone is 4. The van der Waals surface area contributed by atoms with Crippen molar-refractivity contribution >= 4 is 92.9 Å². The monoisotopic (exact) mass is 483 g/mol. The van der Waals surface area contributed by atoms with E-state index in [1.165, 1.54) is 4.90 Å². The van der Waals surface area contributed by atoms with Gasteiger partial charge in [0, 0.05) is 13.1 Å². The molecule has 0 radical (unpaired) electrons. The Morgan fingerprint density at radius 1 is 0.960 bits per heavy atom. The lowest BCUT2D eigenvalue weighted by Crippen LogP contribution is -2.51. The molecule has 0 aromatic heterocycles. The second-order valence-electron chi connectivity index (χ2n) is 6.22. The number of ketones is 1. The number of halogens is 7. The molecule has 4 atom stereocenters. The Labute approximate surface area is 177 Å². The predicted octanol–water partition coefficient (Wildman–Crippen LogP) is 3.75. The Kier molecular flexibility index (Phi) is 4.06. The molecule has 0 bridgehead atoms. The van der Waals surface area contributed by atoms with E-state index in [-0.39, 0.29) is 20.1 Å². The molecule has 1 saturated carbocycles. The molecule has 0 aromatic carbocycles. The van der Waals surface area contributed by atoms with Crippen LogP contribution >= 0.6 is 81.2 Å². The van der Waals surface area contributed by atoms with Crippen LogP contribution in [0.1, 0.15) is 0 Å². The lowest BCUT2D eigenvalue weighted by Gasteiger charge is -2.33. The summed E-state index contributed by atoms with van der Waals surface area (Å²) in [7, 11) is 0. The molecule has 25 heavy (non-hydrogen) atoms. The third kappa shape index (κ3) is 1.60. The molecule has 1 saturated heterocycles. The summed E-state index contributed by atoms with van der Waals surface area (Å²) in [4.78, 5) is 22.0. The van der Waals surface area contributed by atoms with Crippen LogP contribution < -0.4 is 0 Å². The summed E-state index contributed by atoms with van der Waals surface area (Å²) >= 11 is 44.9. The molecule has 11 heteroatoms. The van der Waals surface area contributed by atoms with Gasteiger partial charge in [-0.25, -0.2) is 0 Å². The van der Waals surface area contributed by atoms with Crippen LogP contribution in [0.15, 0.2) is 20.1 Å². The molecule has 4 unspecified atom stereocenters. The molecule has 0 aromatic rings. The van der Waals surface area contributed by atoms with Gasteiger partial charge < -0.3 is 9.64 Å². The molecule has 1 amide bonds. The van der Waals surface area contributed by atoms with Crippen LogP contribution in [0.25, 0.3) is 0 Å². The minimum Gasteiger partial charge on any atom is -0.378 e. The summed E-state index contributed by atoms with van der Waals surface area (Å²) in [6.45, 7) is 1.27. The number of hydrogen-bond donors (Lipinski definition) is 0. The molecule has 3 aliphatic carbocycles.